The van der Waals surface area contributed by atoms with Crippen LogP contribution >= 0.6 is 11.3 Å². The Morgan fingerprint density at radius 1 is 1.25 bits per heavy atom. The molecule has 112 valence electrons. The van der Waals surface area contributed by atoms with Gasteiger partial charge in [-0.15, -0.1) is 11.3 Å². The summed E-state index contributed by atoms with van der Waals surface area (Å²) in [7, 11) is 0. The maximum Gasteiger partial charge on any atom is 0.255 e. The molecule has 1 fully saturated rings. The van der Waals surface area contributed by atoms with E-state index in [1.54, 1.807) is 11.3 Å². The SMILES string of the molecule is CC(C)c1sc(C(C)(C)C)c2c1CC1CCC(F)(F)C21. The molecule has 0 amide bonds. The third kappa shape index (κ3) is 1.96. The van der Waals surface area contributed by atoms with Crippen molar-refractivity contribution in [3.05, 3.63) is 20.9 Å². The number of hydrogen-bond acceptors (Lipinski definition) is 1. The van der Waals surface area contributed by atoms with Crippen LogP contribution in [0.5, 0.6) is 0 Å². The van der Waals surface area contributed by atoms with Crippen molar-refractivity contribution in [1.82, 2.24) is 0 Å². The highest BCUT2D eigenvalue weighted by Crippen LogP contribution is 2.61. The number of rotatable bonds is 1. The molecule has 1 heterocycles. The van der Waals surface area contributed by atoms with Gasteiger partial charge in [0.25, 0.3) is 5.92 Å². The molecule has 0 nitrogen and oxygen atoms in total. The highest BCUT2D eigenvalue weighted by Gasteiger charge is 2.56. The van der Waals surface area contributed by atoms with Crippen LogP contribution in [0.3, 0.4) is 0 Å². The van der Waals surface area contributed by atoms with Crippen LogP contribution in [0.4, 0.5) is 8.78 Å². The molecular formula is C17H24F2S. The number of fused-ring (bicyclic) bond motifs is 3. The third-order valence-corrected chi connectivity index (χ3v) is 6.81. The van der Waals surface area contributed by atoms with Crippen molar-refractivity contribution in [1.29, 1.82) is 0 Å². The lowest BCUT2D eigenvalue weighted by Crippen LogP contribution is -2.23. The summed E-state index contributed by atoms with van der Waals surface area (Å²) < 4.78 is 28.7. The van der Waals surface area contributed by atoms with Gasteiger partial charge >= 0.3 is 0 Å². The van der Waals surface area contributed by atoms with E-state index in [1.165, 1.54) is 15.3 Å². The van der Waals surface area contributed by atoms with Gasteiger partial charge in [-0.3, -0.25) is 0 Å². The molecule has 20 heavy (non-hydrogen) atoms. The summed E-state index contributed by atoms with van der Waals surface area (Å²) in [5.74, 6) is -2.37. The van der Waals surface area contributed by atoms with Crippen LogP contribution in [-0.2, 0) is 11.8 Å². The molecule has 0 bridgehead atoms. The first-order valence-electron chi connectivity index (χ1n) is 7.66. The fourth-order valence-corrected chi connectivity index (χ4v) is 5.47. The normalized spacial score (nSPS) is 28.0. The molecule has 1 aromatic rings. The van der Waals surface area contributed by atoms with Gasteiger partial charge in [0.1, 0.15) is 0 Å². The van der Waals surface area contributed by atoms with Crippen molar-refractivity contribution in [2.24, 2.45) is 5.92 Å². The van der Waals surface area contributed by atoms with E-state index in [4.69, 9.17) is 0 Å². The van der Waals surface area contributed by atoms with E-state index in [9.17, 15) is 8.78 Å². The van der Waals surface area contributed by atoms with E-state index in [0.29, 0.717) is 12.3 Å². The monoisotopic (exact) mass is 298 g/mol. The Morgan fingerprint density at radius 3 is 2.45 bits per heavy atom. The molecule has 0 saturated heterocycles. The van der Waals surface area contributed by atoms with Crippen LogP contribution in [0.2, 0.25) is 0 Å². The largest absolute Gasteiger partial charge is 0.255 e. The van der Waals surface area contributed by atoms with Crippen molar-refractivity contribution in [2.75, 3.05) is 0 Å². The maximum absolute atomic E-state index is 14.4. The lowest BCUT2D eigenvalue weighted by Gasteiger charge is -2.25. The second-order valence-corrected chi connectivity index (χ2v) is 8.89. The van der Waals surface area contributed by atoms with Gasteiger partial charge in [0.2, 0.25) is 0 Å². The molecule has 2 atom stereocenters. The lowest BCUT2D eigenvalue weighted by atomic mass is 9.85. The molecule has 2 unspecified atom stereocenters. The Kier molecular flexibility index (Phi) is 3.10. The maximum atomic E-state index is 14.4. The van der Waals surface area contributed by atoms with Gasteiger partial charge in [-0.2, -0.15) is 0 Å². The molecule has 0 N–H and O–H groups in total. The summed E-state index contributed by atoms with van der Waals surface area (Å²) in [6.07, 6.45) is 1.66. The van der Waals surface area contributed by atoms with E-state index < -0.39 is 11.8 Å². The Hall–Kier alpha value is -0.440. The molecule has 1 aromatic heterocycles. The predicted octanol–water partition coefficient (Wildman–Crippen LogP) is 5.85. The highest BCUT2D eigenvalue weighted by atomic mass is 32.1. The van der Waals surface area contributed by atoms with E-state index in [1.807, 2.05) is 0 Å². The van der Waals surface area contributed by atoms with Crippen LogP contribution in [0.25, 0.3) is 0 Å². The fraction of sp³-hybridized carbons (Fsp3) is 0.765. The predicted molar refractivity (Wildman–Crippen MR) is 81.2 cm³/mol. The molecule has 1 saturated carbocycles. The van der Waals surface area contributed by atoms with Gasteiger partial charge in [-0.25, -0.2) is 8.78 Å². The minimum Gasteiger partial charge on any atom is -0.206 e. The second-order valence-electron chi connectivity index (χ2n) is 7.83. The summed E-state index contributed by atoms with van der Waals surface area (Å²) in [5, 5.41) is 0. The third-order valence-electron chi connectivity index (χ3n) is 4.84. The topological polar surface area (TPSA) is 0 Å². The minimum absolute atomic E-state index is 0.0323. The Bertz CT molecular complexity index is 534. The highest BCUT2D eigenvalue weighted by molar-refractivity contribution is 7.12. The number of thiophene rings is 1. The van der Waals surface area contributed by atoms with Gasteiger partial charge in [-0.05, 0) is 41.2 Å². The average Bonchev–Trinajstić information content (AvgIpc) is 2.86. The molecule has 0 spiro atoms. The second kappa shape index (κ2) is 4.28. The van der Waals surface area contributed by atoms with Gasteiger partial charge in [-0.1, -0.05) is 34.6 Å². The first-order chi connectivity index (χ1) is 9.13. The number of hydrogen-bond donors (Lipinski definition) is 0. The number of halogens is 2. The van der Waals surface area contributed by atoms with Crippen molar-refractivity contribution < 1.29 is 8.78 Å². The molecule has 2 aliphatic rings. The van der Waals surface area contributed by atoms with Crippen LogP contribution in [0.1, 0.15) is 80.2 Å². The quantitative estimate of drug-likeness (QED) is 0.609. The van der Waals surface area contributed by atoms with Crippen LogP contribution in [0, 0.1) is 5.92 Å². The van der Waals surface area contributed by atoms with Gasteiger partial charge in [0.05, 0.1) is 5.92 Å². The lowest BCUT2D eigenvalue weighted by molar-refractivity contribution is -0.0128. The van der Waals surface area contributed by atoms with Gasteiger partial charge in [0, 0.05) is 16.2 Å². The zero-order valence-electron chi connectivity index (χ0n) is 13.0. The van der Waals surface area contributed by atoms with Crippen LogP contribution < -0.4 is 0 Å². The molecular weight excluding hydrogens is 274 g/mol. The molecule has 0 aliphatic heterocycles. The summed E-state index contributed by atoms with van der Waals surface area (Å²) in [6, 6.07) is 0. The zero-order valence-corrected chi connectivity index (χ0v) is 13.8. The van der Waals surface area contributed by atoms with E-state index in [2.05, 4.69) is 34.6 Å². The first kappa shape index (κ1) is 14.5. The Balaban J connectivity index is 2.20. The molecule has 0 radical (unpaired) electrons. The van der Waals surface area contributed by atoms with Gasteiger partial charge < -0.3 is 0 Å². The summed E-state index contributed by atoms with van der Waals surface area (Å²) in [6.45, 7) is 10.8. The zero-order chi connectivity index (χ0) is 14.9. The standard InChI is InChI=1S/C17H24F2S/c1-9(2)14-11-8-10-6-7-17(18,19)13(10)12(11)15(20-14)16(3,4)5/h9-10,13H,6-8H2,1-5H3. The van der Waals surface area contributed by atoms with Crippen LogP contribution in [0.15, 0.2) is 0 Å². The van der Waals surface area contributed by atoms with E-state index in [0.717, 1.165) is 12.0 Å². The van der Waals surface area contributed by atoms with Crippen molar-refractivity contribution in [2.45, 2.75) is 77.1 Å². The first-order valence-corrected chi connectivity index (χ1v) is 8.48. The van der Waals surface area contributed by atoms with Crippen molar-refractivity contribution >= 4 is 11.3 Å². The Morgan fingerprint density at radius 2 is 1.90 bits per heavy atom. The van der Waals surface area contributed by atoms with Gasteiger partial charge in [0.15, 0.2) is 0 Å². The van der Waals surface area contributed by atoms with E-state index >= 15 is 0 Å². The molecule has 0 aromatic carbocycles. The van der Waals surface area contributed by atoms with Crippen molar-refractivity contribution in [3.63, 3.8) is 0 Å². The smallest absolute Gasteiger partial charge is 0.206 e. The minimum atomic E-state index is -2.49. The van der Waals surface area contributed by atoms with Crippen LogP contribution in [-0.4, -0.2) is 5.92 Å². The fourth-order valence-electron chi connectivity index (χ4n) is 4.03. The average molecular weight is 298 g/mol. The summed E-state index contributed by atoms with van der Waals surface area (Å²) in [4.78, 5) is 2.57. The molecule has 3 heteroatoms. The van der Waals surface area contributed by atoms with Crippen molar-refractivity contribution in [3.8, 4) is 0 Å². The van der Waals surface area contributed by atoms with E-state index in [-0.39, 0.29) is 17.8 Å². The molecule has 2 aliphatic carbocycles. The Labute approximate surface area is 124 Å². The number of alkyl halides is 2. The molecule has 3 rings (SSSR count). The summed E-state index contributed by atoms with van der Waals surface area (Å²) >= 11 is 1.79. The summed E-state index contributed by atoms with van der Waals surface area (Å²) in [5.41, 5.74) is 2.29.